The Kier molecular flexibility index (Phi) is 4.67. The number of hydrogen-bond donors (Lipinski definition) is 0. The zero-order valence-corrected chi connectivity index (χ0v) is 13.1. The third-order valence-electron chi connectivity index (χ3n) is 4.79. The number of rotatable bonds is 4. The second-order valence-electron chi connectivity index (χ2n) is 6.59. The quantitative estimate of drug-likeness (QED) is 0.765. The van der Waals surface area contributed by atoms with Crippen molar-refractivity contribution in [1.82, 2.24) is 4.57 Å². The number of aryl methyl sites for hydroxylation is 1. The first-order valence-electron chi connectivity index (χ1n) is 7.62. The predicted molar refractivity (Wildman–Crippen MR) is 76.6 cm³/mol. The molecule has 1 heterocycles. The molecule has 1 aliphatic carbocycles. The van der Waals surface area contributed by atoms with Crippen LogP contribution in [0.15, 0.2) is 12.4 Å². The van der Waals surface area contributed by atoms with Crippen LogP contribution in [0.1, 0.15) is 45.9 Å². The van der Waals surface area contributed by atoms with Gasteiger partial charge in [-0.3, -0.25) is 0 Å². The van der Waals surface area contributed by atoms with Crippen LogP contribution in [0.25, 0.3) is 0 Å². The van der Waals surface area contributed by atoms with Gasteiger partial charge in [0.2, 0.25) is 0 Å². The zero-order chi connectivity index (χ0) is 14.0. The molecule has 3 nitrogen and oxygen atoms in total. The summed E-state index contributed by atoms with van der Waals surface area (Å²) in [7, 11) is 2.07. The van der Waals surface area contributed by atoms with Crippen molar-refractivity contribution in [3.8, 4) is 0 Å². The standard InChI is InChI=1S/C16H29N2O/c1-12(2)15-7-6-13(3)10-16(15)19-11-18-9-8-17(5)14(18)4/h8-9,12-13,15-16H,6-7,10-11H2,1-5H3/q+1/t13-,15+,16-/m1/s1. The van der Waals surface area contributed by atoms with Gasteiger partial charge in [-0.2, -0.15) is 0 Å². The van der Waals surface area contributed by atoms with Crippen molar-refractivity contribution in [3.63, 3.8) is 0 Å². The molecule has 0 bridgehead atoms. The maximum atomic E-state index is 6.26. The largest absolute Gasteiger partial charge is 0.338 e. The van der Waals surface area contributed by atoms with Crippen LogP contribution in [0.3, 0.4) is 0 Å². The van der Waals surface area contributed by atoms with E-state index in [1.165, 1.54) is 25.1 Å². The van der Waals surface area contributed by atoms with E-state index in [1.807, 2.05) is 0 Å². The molecule has 0 aromatic carbocycles. The normalized spacial score (nSPS) is 28.0. The van der Waals surface area contributed by atoms with Crippen molar-refractivity contribution in [2.75, 3.05) is 0 Å². The molecule has 3 atom stereocenters. The Morgan fingerprint density at radius 2 is 2.16 bits per heavy atom. The van der Waals surface area contributed by atoms with Gasteiger partial charge in [-0.15, -0.1) is 0 Å². The Labute approximate surface area is 117 Å². The molecule has 19 heavy (non-hydrogen) atoms. The Bertz CT molecular complexity index is 411. The van der Waals surface area contributed by atoms with E-state index in [0.29, 0.717) is 12.8 Å². The average molecular weight is 265 g/mol. The molecule has 1 saturated carbocycles. The van der Waals surface area contributed by atoms with Gasteiger partial charge in [0.05, 0.1) is 13.2 Å². The molecule has 0 radical (unpaired) electrons. The molecular weight excluding hydrogens is 236 g/mol. The number of hydrogen-bond acceptors (Lipinski definition) is 1. The summed E-state index contributed by atoms with van der Waals surface area (Å²) in [4.78, 5) is 0. The fourth-order valence-electron chi connectivity index (χ4n) is 3.22. The third kappa shape index (κ3) is 3.38. The minimum Gasteiger partial charge on any atom is -0.338 e. The molecule has 1 aliphatic rings. The SMILES string of the molecule is Cc1n(CO[C@@H]2C[C@H](C)CC[C@H]2C(C)C)cc[n+]1C. The number of imidazole rings is 1. The molecule has 0 aliphatic heterocycles. The Morgan fingerprint density at radius 3 is 2.74 bits per heavy atom. The van der Waals surface area contributed by atoms with Gasteiger partial charge in [0.15, 0.2) is 6.73 Å². The highest BCUT2D eigenvalue weighted by Crippen LogP contribution is 2.35. The number of aromatic nitrogens is 2. The molecule has 1 aromatic rings. The van der Waals surface area contributed by atoms with Gasteiger partial charge in [0.25, 0.3) is 5.82 Å². The predicted octanol–water partition coefficient (Wildman–Crippen LogP) is 3.06. The summed E-state index contributed by atoms with van der Waals surface area (Å²) < 4.78 is 10.6. The van der Waals surface area contributed by atoms with Crippen LogP contribution in [0.4, 0.5) is 0 Å². The fraction of sp³-hybridized carbons (Fsp3) is 0.812. The van der Waals surface area contributed by atoms with E-state index in [-0.39, 0.29) is 0 Å². The van der Waals surface area contributed by atoms with Gasteiger partial charge < -0.3 is 4.74 Å². The lowest BCUT2D eigenvalue weighted by Crippen LogP contribution is -2.35. The molecule has 0 saturated heterocycles. The summed E-state index contributed by atoms with van der Waals surface area (Å²) >= 11 is 0. The molecule has 1 fully saturated rings. The van der Waals surface area contributed by atoms with Gasteiger partial charge in [0, 0.05) is 6.92 Å². The summed E-state index contributed by atoms with van der Waals surface area (Å²) in [6, 6.07) is 0. The Morgan fingerprint density at radius 1 is 1.42 bits per heavy atom. The first kappa shape index (κ1) is 14.6. The monoisotopic (exact) mass is 265 g/mol. The van der Waals surface area contributed by atoms with Crippen LogP contribution in [-0.4, -0.2) is 10.7 Å². The lowest BCUT2D eigenvalue weighted by molar-refractivity contribution is -0.677. The zero-order valence-electron chi connectivity index (χ0n) is 13.1. The van der Waals surface area contributed by atoms with E-state index >= 15 is 0 Å². The summed E-state index contributed by atoms with van der Waals surface area (Å²) in [6.45, 7) is 9.84. The maximum Gasteiger partial charge on any atom is 0.254 e. The average Bonchev–Trinajstić information content (AvgIpc) is 2.67. The van der Waals surface area contributed by atoms with Crippen molar-refractivity contribution < 1.29 is 9.30 Å². The highest BCUT2D eigenvalue weighted by molar-refractivity contribution is 4.82. The fourth-order valence-corrected chi connectivity index (χ4v) is 3.22. The van der Waals surface area contributed by atoms with E-state index in [4.69, 9.17) is 4.74 Å². The van der Waals surface area contributed by atoms with Crippen molar-refractivity contribution in [1.29, 1.82) is 0 Å². The van der Waals surface area contributed by atoms with Gasteiger partial charge in [-0.25, -0.2) is 9.13 Å². The van der Waals surface area contributed by atoms with E-state index in [9.17, 15) is 0 Å². The molecular formula is C16H29N2O+. The molecule has 0 spiro atoms. The number of nitrogens with zero attached hydrogens (tertiary/aromatic N) is 2. The molecule has 1 aromatic heterocycles. The minimum absolute atomic E-state index is 0.427. The van der Waals surface area contributed by atoms with Crippen LogP contribution >= 0.6 is 0 Å². The Hall–Kier alpha value is -0.830. The van der Waals surface area contributed by atoms with Gasteiger partial charge >= 0.3 is 0 Å². The highest BCUT2D eigenvalue weighted by atomic mass is 16.5. The second kappa shape index (κ2) is 6.08. The van der Waals surface area contributed by atoms with Crippen molar-refractivity contribution in [2.24, 2.45) is 24.8 Å². The van der Waals surface area contributed by atoms with E-state index < -0.39 is 0 Å². The van der Waals surface area contributed by atoms with Crippen LogP contribution in [-0.2, 0) is 18.5 Å². The van der Waals surface area contributed by atoms with Crippen molar-refractivity contribution in [2.45, 2.75) is 59.8 Å². The maximum absolute atomic E-state index is 6.26. The second-order valence-corrected chi connectivity index (χ2v) is 6.59. The van der Waals surface area contributed by atoms with Crippen molar-refractivity contribution in [3.05, 3.63) is 18.2 Å². The van der Waals surface area contributed by atoms with E-state index in [1.54, 1.807) is 0 Å². The number of ether oxygens (including phenoxy) is 1. The molecule has 0 unspecified atom stereocenters. The Balaban J connectivity index is 1.97. The molecule has 108 valence electrons. The first-order chi connectivity index (χ1) is 8.99. The summed E-state index contributed by atoms with van der Waals surface area (Å²) in [5.41, 5.74) is 0. The summed E-state index contributed by atoms with van der Waals surface area (Å²) in [5.74, 6) is 3.49. The van der Waals surface area contributed by atoms with Crippen LogP contribution in [0, 0.1) is 24.7 Å². The lowest BCUT2D eigenvalue weighted by Gasteiger charge is -2.36. The van der Waals surface area contributed by atoms with E-state index in [0.717, 1.165) is 17.8 Å². The van der Waals surface area contributed by atoms with Crippen LogP contribution < -0.4 is 4.57 Å². The van der Waals surface area contributed by atoms with Gasteiger partial charge in [-0.05, 0) is 30.6 Å². The molecule has 0 N–H and O–H groups in total. The van der Waals surface area contributed by atoms with E-state index in [2.05, 4.69) is 56.3 Å². The minimum atomic E-state index is 0.427. The molecule has 2 rings (SSSR count). The highest BCUT2D eigenvalue weighted by Gasteiger charge is 2.31. The summed E-state index contributed by atoms with van der Waals surface area (Å²) in [5, 5.41) is 0. The smallest absolute Gasteiger partial charge is 0.254 e. The van der Waals surface area contributed by atoms with Gasteiger partial charge in [0.1, 0.15) is 12.4 Å². The van der Waals surface area contributed by atoms with Crippen LogP contribution in [0.2, 0.25) is 0 Å². The molecule has 0 amide bonds. The lowest BCUT2D eigenvalue weighted by atomic mass is 9.75. The molecule has 3 heteroatoms. The van der Waals surface area contributed by atoms with Crippen molar-refractivity contribution >= 4 is 0 Å². The van der Waals surface area contributed by atoms with Gasteiger partial charge in [-0.1, -0.05) is 27.2 Å². The van der Waals surface area contributed by atoms with Crippen LogP contribution in [0.5, 0.6) is 0 Å². The first-order valence-corrected chi connectivity index (χ1v) is 7.62. The third-order valence-corrected chi connectivity index (χ3v) is 4.79. The topological polar surface area (TPSA) is 18.0 Å². The summed E-state index contributed by atoms with van der Waals surface area (Å²) in [6.07, 6.45) is 8.52.